The third-order valence-corrected chi connectivity index (χ3v) is 2.26. The molecule has 0 radical (unpaired) electrons. The van der Waals surface area contributed by atoms with E-state index in [1.807, 2.05) is 0 Å². The highest BCUT2D eigenvalue weighted by atomic mass is 17.2. The normalized spacial score (nSPS) is 11.3. The lowest BCUT2D eigenvalue weighted by Crippen LogP contribution is -2.39. The van der Waals surface area contributed by atoms with Crippen LogP contribution in [0.5, 0.6) is 5.75 Å². The molecule has 0 heterocycles. The molecule has 0 spiro atoms. The van der Waals surface area contributed by atoms with Crippen molar-refractivity contribution in [3.63, 3.8) is 0 Å². The highest BCUT2D eigenvalue weighted by Gasteiger charge is 2.19. The minimum atomic E-state index is -1.16. The summed E-state index contributed by atoms with van der Waals surface area (Å²) in [6.07, 6.45) is 0.0937. The van der Waals surface area contributed by atoms with E-state index in [0.29, 0.717) is 11.3 Å². The average molecular weight is 297 g/mol. The van der Waals surface area contributed by atoms with E-state index in [-0.39, 0.29) is 6.42 Å². The Bertz CT molecular complexity index is 512. The zero-order chi connectivity index (χ0) is 15.8. The van der Waals surface area contributed by atoms with E-state index in [0.717, 1.165) is 6.92 Å². The smallest absolute Gasteiger partial charge is 0.352 e. The third kappa shape index (κ3) is 6.39. The van der Waals surface area contributed by atoms with Gasteiger partial charge < -0.3 is 9.94 Å². The molecule has 1 aromatic rings. The van der Waals surface area contributed by atoms with E-state index in [1.54, 1.807) is 12.1 Å². The molecule has 1 rings (SSSR count). The van der Waals surface area contributed by atoms with E-state index in [9.17, 15) is 14.4 Å². The summed E-state index contributed by atoms with van der Waals surface area (Å²) >= 11 is 0. The number of hydrogen-bond donors (Lipinski definition) is 2. The molecule has 1 atom stereocenters. The predicted molar refractivity (Wildman–Crippen MR) is 68.9 cm³/mol. The number of hydroxylamine groups is 1. The first-order chi connectivity index (χ1) is 9.88. The van der Waals surface area contributed by atoms with Crippen molar-refractivity contribution in [3.05, 3.63) is 29.8 Å². The molecule has 114 valence electrons. The van der Waals surface area contributed by atoms with Gasteiger partial charge in [0.1, 0.15) is 6.04 Å². The van der Waals surface area contributed by atoms with Crippen LogP contribution in [0.15, 0.2) is 24.3 Å². The molecule has 0 bridgehead atoms. The van der Waals surface area contributed by atoms with Gasteiger partial charge in [-0.15, -0.1) is 5.48 Å². The second-order valence-electron chi connectivity index (χ2n) is 4.11. The number of benzene rings is 1. The third-order valence-electron chi connectivity index (χ3n) is 2.26. The quantitative estimate of drug-likeness (QED) is 0.556. The van der Waals surface area contributed by atoms with Crippen LogP contribution in [0.4, 0.5) is 0 Å². The van der Waals surface area contributed by atoms with Gasteiger partial charge in [-0.2, -0.15) is 0 Å². The van der Waals surface area contributed by atoms with Crippen molar-refractivity contribution in [3.8, 4) is 5.75 Å². The average Bonchev–Trinajstić information content (AvgIpc) is 2.41. The molecule has 0 aliphatic heterocycles. The Kier molecular flexibility index (Phi) is 6.15. The van der Waals surface area contributed by atoms with Crippen LogP contribution < -0.4 is 10.4 Å². The van der Waals surface area contributed by atoms with Crippen LogP contribution in [0.25, 0.3) is 0 Å². The van der Waals surface area contributed by atoms with Crippen LogP contribution in [-0.4, -0.2) is 29.1 Å². The van der Waals surface area contributed by atoms with Gasteiger partial charge in [0.25, 0.3) is 0 Å². The minimum absolute atomic E-state index is 0.0937. The van der Waals surface area contributed by atoms with Crippen LogP contribution in [0.3, 0.4) is 0 Å². The maximum absolute atomic E-state index is 11.0. The first-order valence-electron chi connectivity index (χ1n) is 5.98. The lowest BCUT2D eigenvalue weighted by atomic mass is 10.1. The van der Waals surface area contributed by atoms with Crippen molar-refractivity contribution in [1.29, 1.82) is 0 Å². The fourth-order valence-corrected chi connectivity index (χ4v) is 1.36. The van der Waals surface area contributed by atoms with E-state index in [2.05, 4.69) is 15.2 Å². The standard InChI is InChI=1S/C13H15NO7/c1-8(15)19-14-12(13(17)18)7-10-3-5-11(6-4-10)21-20-9(2)16/h3-6,12,14H,7H2,1-2H3,(H,17,18)/t12-/m0/s1. The Hall–Kier alpha value is -2.61. The van der Waals surface area contributed by atoms with Crippen LogP contribution in [-0.2, 0) is 30.5 Å². The van der Waals surface area contributed by atoms with Gasteiger partial charge >= 0.3 is 17.9 Å². The Balaban J connectivity index is 2.61. The van der Waals surface area contributed by atoms with Gasteiger partial charge in [-0.05, 0) is 17.7 Å². The molecule has 0 aromatic heterocycles. The van der Waals surface area contributed by atoms with Crippen molar-refractivity contribution in [1.82, 2.24) is 5.48 Å². The van der Waals surface area contributed by atoms with E-state index >= 15 is 0 Å². The SMILES string of the molecule is CC(=O)ON[C@@H](Cc1ccc(OOC(C)=O)cc1)C(=O)O. The summed E-state index contributed by atoms with van der Waals surface area (Å²) in [5.41, 5.74) is 2.84. The summed E-state index contributed by atoms with van der Waals surface area (Å²) < 4.78 is 0. The number of carboxylic acid groups (broad SMARTS) is 1. The monoisotopic (exact) mass is 297 g/mol. The number of carbonyl (C=O) groups excluding carboxylic acids is 2. The zero-order valence-corrected chi connectivity index (χ0v) is 11.5. The summed E-state index contributed by atoms with van der Waals surface area (Å²) in [6.45, 7) is 2.36. The van der Waals surface area contributed by atoms with Crippen molar-refractivity contribution < 1.29 is 34.1 Å². The number of nitrogens with one attached hydrogen (secondary N) is 1. The fourth-order valence-electron chi connectivity index (χ4n) is 1.36. The Labute approximate surface area is 120 Å². The number of aliphatic carboxylic acids is 1. The zero-order valence-electron chi connectivity index (χ0n) is 11.5. The summed E-state index contributed by atoms with van der Waals surface area (Å²) in [4.78, 5) is 45.8. The Morgan fingerprint density at radius 2 is 1.76 bits per heavy atom. The van der Waals surface area contributed by atoms with Crippen LogP contribution in [0, 0.1) is 0 Å². The van der Waals surface area contributed by atoms with Gasteiger partial charge in [0.05, 0.1) is 0 Å². The predicted octanol–water partition coefficient (Wildman–Crippen LogP) is 0.607. The van der Waals surface area contributed by atoms with E-state index in [1.165, 1.54) is 19.1 Å². The number of carboxylic acids is 1. The number of hydrogen-bond acceptors (Lipinski definition) is 7. The molecule has 0 saturated heterocycles. The first kappa shape index (κ1) is 16.4. The molecule has 0 aliphatic carbocycles. The molecule has 2 N–H and O–H groups in total. The topological polar surface area (TPSA) is 111 Å². The van der Waals surface area contributed by atoms with Gasteiger partial charge in [0.15, 0.2) is 5.75 Å². The molecule has 0 saturated carbocycles. The highest BCUT2D eigenvalue weighted by molar-refractivity contribution is 5.74. The molecule has 8 nitrogen and oxygen atoms in total. The Morgan fingerprint density at radius 1 is 1.14 bits per heavy atom. The molecular weight excluding hydrogens is 282 g/mol. The second-order valence-corrected chi connectivity index (χ2v) is 4.11. The van der Waals surface area contributed by atoms with Crippen molar-refractivity contribution in [2.24, 2.45) is 0 Å². The lowest BCUT2D eigenvalue weighted by Gasteiger charge is -2.13. The summed E-state index contributed by atoms with van der Waals surface area (Å²) in [5, 5.41) is 9.01. The van der Waals surface area contributed by atoms with E-state index < -0.39 is 23.9 Å². The fraction of sp³-hybridized carbons (Fsp3) is 0.308. The maximum Gasteiger partial charge on any atom is 0.352 e. The van der Waals surface area contributed by atoms with Gasteiger partial charge in [-0.25, -0.2) is 4.79 Å². The maximum atomic E-state index is 11.0. The molecule has 0 aliphatic rings. The number of rotatable bonds is 7. The summed E-state index contributed by atoms with van der Waals surface area (Å²) in [5.74, 6) is -2.08. The molecule has 21 heavy (non-hydrogen) atoms. The molecule has 8 heteroatoms. The number of carbonyl (C=O) groups is 3. The van der Waals surface area contributed by atoms with Gasteiger partial charge in [-0.1, -0.05) is 12.1 Å². The molecule has 1 aromatic carbocycles. The first-order valence-corrected chi connectivity index (χ1v) is 5.98. The molecule has 0 amide bonds. The largest absolute Gasteiger partial charge is 0.480 e. The van der Waals surface area contributed by atoms with E-state index in [4.69, 9.17) is 9.99 Å². The van der Waals surface area contributed by atoms with Crippen LogP contribution >= 0.6 is 0 Å². The molecule has 0 fully saturated rings. The summed E-state index contributed by atoms with van der Waals surface area (Å²) in [7, 11) is 0. The van der Waals surface area contributed by atoms with Crippen molar-refractivity contribution >= 4 is 17.9 Å². The van der Waals surface area contributed by atoms with Crippen molar-refractivity contribution in [2.75, 3.05) is 0 Å². The Morgan fingerprint density at radius 3 is 2.24 bits per heavy atom. The molecule has 0 unspecified atom stereocenters. The molecular formula is C13H15NO7. The van der Waals surface area contributed by atoms with Crippen molar-refractivity contribution in [2.45, 2.75) is 26.3 Å². The van der Waals surface area contributed by atoms with Crippen LogP contribution in [0.1, 0.15) is 19.4 Å². The second kappa shape index (κ2) is 7.85. The lowest BCUT2D eigenvalue weighted by molar-refractivity contribution is -0.210. The highest BCUT2D eigenvalue weighted by Crippen LogP contribution is 2.14. The van der Waals surface area contributed by atoms with Gasteiger partial charge in [-0.3, -0.25) is 19.4 Å². The van der Waals surface area contributed by atoms with Gasteiger partial charge in [0, 0.05) is 20.3 Å². The van der Waals surface area contributed by atoms with Crippen LogP contribution in [0.2, 0.25) is 0 Å². The minimum Gasteiger partial charge on any atom is -0.480 e. The summed E-state index contributed by atoms with van der Waals surface area (Å²) in [6, 6.07) is 5.16. The van der Waals surface area contributed by atoms with Gasteiger partial charge in [0.2, 0.25) is 0 Å².